The third-order valence-electron chi connectivity index (χ3n) is 3.44. The summed E-state index contributed by atoms with van der Waals surface area (Å²) in [5.74, 6) is -0.485. The smallest absolute Gasteiger partial charge is 0.264 e. The first-order valence-corrected chi connectivity index (χ1v) is 9.87. The van der Waals surface area contributed by atoms with Gasteiger partial charge in [-0.15, -0.1) is 0 Å². The molecule has 0 amide bonds. The van der Waals surface area contributed by atoms with Gasteiger partial charge >= 0.3 is 0 Å². The van der Waals surface area contributed by atoms with Crippen molar-refractivity contribution in [1.82, 2.24) is 4.31 Å². The predicted molar refractivity (Wildman–Crippen MR) is 85.7 cm³/mol. The molecule has 1 unspecified atom stereocenters. The number of benzene rings is 1. The number of sulfonamides is 1. The maximum absolute atomic E-state index is 12.7. The van der Waals surface area contributed by atoms with Gasteiger partial charge in [0.25, 0.3) is 10.1 Å². The number of nitrogens with zero attached hydrogens (tertiary/aromatic N) is 1. The second kappa shape index (κ2) is 6.95. The molecule has 1 aromatic rings. The Morgan fingerprint density at radius 1 is 1.27 bits per heavy atom. The van der Waals surface area contributed by atoms with Gasteiger partial charge in [-0.1, -0.05) is 6.92 Å². The molecule has 0 aliphatic rings. The van der Waals surface area contributed by atoms with E-state index in [4.69, 9.17) is 10.3 Å². The lowest BCUT2D eigenvalue weighted by atomic mass is 10.2. The Kier molecular flexibility index (Phi) is 5.96. The molecular weight excluding hydrogens is 328 g/mol. The lowest BCUT2D eigenvalue weighted by Crippen LogP contribution is -2.39. The van der Waals surface area contributed by atoms with Crippen LogP contribution in [0, 0.1) is 6.92 Å². The molecule has 1 aromatic carbocycles. The summed E-state index contributed by atoms with van der Waals surface area (Å²) in [6.07, 6.45) is 0.0137. The summed E-state index contributed by atoms with van der Waals surface area (Å²) in [7, 11) is -7.88. The van der Waals surface area contributed by atoms with E-state index in [1.165, 1.54) is 22.5 Å². The highest BCUT2D eigenvalue weighted by atomic mass is 32.2. The molecule has 1 atom stereocenters. The third kappa shape index (κ3) is 4.67. The minimum atomic E-state index is -4.12. The van der Waals surface area contributed by atoms with Gasteiger partial charge in [-0.2, -0.15) is 12.7 Å². The molecule has 126 valence electrons. The normalized spacial score (nSPS) is 14.2. The first-order valence-electron chi connectivity index (χ1n) is 6.82. The van der Waals surface area contributed by atoms with Gasteiger partial charge in [0, 0.05) is 18.3 Å². The minimum absolute atomic E-state index is 0.0137. The molecule has 1 rings (SSSR count). The molecule has 0 spiro atoms. The fourth-order valence-corrected chi connectivity index (χ4v) is 4.52. The lowest BCUT2D eigenvalue weighted by molar-refractivity contribution is 0.340. The molecule has 0 heterocycles. The van der Waals surface area contributed by atoms with Crippen LogP contribution in [0.5, 0.6) is 0 Å². The highest BCUT2D eigenvalue weighted by molar-refractivity contribution is 7.89. The van der Waals surface area contributed by atoms with E-state index < -0.39 is 31.9 Å². The monoisotopic (exact) mass is 350 g/mol. The third-order valence-corrected chi connectivity index (χ3v) is 6.28. The Hall–Kier alpha value is -1.16. The Balaban J connectivity index is 3.08. The Bertz CT molecular complexity index is 729. The van der Waals surface area contributed by atoms with Crippen LogP contribution in [0.3, 0.4) is 0 Å². The number of hydrogen-bond donors (Lipinski definition) is 2. The number of hydrogen-bond acceptors (Lipinski definition) is 5. The summed E-state index contributed by atoms with van der Waals surface area (Å²) in [6, 6.07) is 3.88. The maximum Gasteiger partial charge on any atom is 0.264 e. The fourth-order valence-electron chi connectivity index (χ4n) is 2.13. The number of nitrogens with two attached hydrogens (primary N) is 1. The van der Waals surface area contributed by atoms with E-state index in [0.29, 0.717) is 11.3 Å². The second-order valence-corrected chi connectivity index (χ2v) is 8.61. The van der Waals surface area contributed by atoms with Crippen molar-refractivity contribution in [3.8, 4) is 0 Å². The second-order valence-electron chi connectivity index (χ2n) is 5.15. The van der Waals surface area contributed by atoms with Gasteiger partial charge in [-0.25, -0.2) is 8.42 Å². The van der Waals surface area contributed by atoms with Gasteiger partial charge in [0.1, 0.15) is 0 Å². The van der Waals surface area contributed by atoms with Crippen LogP contribution in [0.15, 0.2) is 23.1 Å². The van der Waals surface area contributed by atoms with Crippen molar-refractivity contribution in [1.29, 1.82) is 0 Å². The average Bonchev–Trinajstić information content (AvgIpc) is 2.39. The molecule has 9 heteroatoms. The highest BCUT2D eigenvalue weighted by Gasteiger charge is 2.28. The maximum atomic E-state index is 12.7. The standard InChI is InChI=1S/C13H22N2O5S2/c1-4-15(11(3)7-8-21(16,17)18)22(19,20)12-5-6-13(14)10(2)9-12/h5-6,9,11H,4,7-8,14H2,1-3H3,(H,16,17,18). The molecule has 7 nitrogen and oxygen atoms in total. The minimum Gasteiger partial charge on any atom is -0.399 e. The first-order chi connectivity index (χ1) is 9.99. The largest absolute Gasteiger partial charge is 0.399 e. The van der Waals surface area contributed by atoms with Crippen molar-refractivity contribution in [2.45, 2.75) is 38.1 Å². The average molecular weight is 350 g/mol. The predicted octanol–water partition coefficient (Wildman–Crippen LogP) is 1.25. The molecule has 22 heavy (non-hydrogen) atoms. The Morgan fingerprint density at radius 3 is 2.32 bits per heavy atom. The summed E-state index contributed by atoms with van der Waals surface area (Å²) in [6.45, 7) is 5.19. The van der Waals surface area contributed by atoms with Crippen LogP contribution in [-0.4, -0.2) is 44.0 Å². The van der Waals surface area contributed by atoms with Gasteiger partial charge in [0.05, 0.1) is 10.6 Å². The van der Waals surface area contributed by atoms with Crippen molar-refractivity contribution < 1.29 is 21.4 Å². The van der Waals surface area contributed by atoms with E-state index in [0.717, 1.165) is 0 Å². The van der Waals surface area contributed by atoms with Crippen molar-refractivity contribution in [3.05, 3.63) is 23.8 Å². The van der Waals surface area contributed by atoms with Crippen LogP contribution in [0.2, 0.25) is 0 Å². The highest BCUT2D eigenvalue weighted by Crippen LogP contribution is 2.23. The summed E-state index contributed by atoms with van der Waals surface area (Å²) < 4.78 is 57.0. The quantitative estimate of drug-likeness (QED) is 0.564. The van der Waals surface area contributed by atoms with Crippen LogP contribution in [-0.2, 0) is 20.1 Å². The van der Waals surface area contributed by atoms with E-state index >= 15 is 0 Å². The van der Waals surface area contributed by atoms with Gasteiger partial charge in [-0.05, 0) is 44.0 Å². The van der Waals surface area contributed by atoms with Gasteiger partial charge in [0.15, 0.2) is 0 Å². The van der Waals surface area contributed by atoms with Crippen molar-refractivity contribution in [3.63, 3.8) is 0 Å². The number of rotatable bonds is 7. The van der Waals surface area contributed by atoms with Gasteiger partial charge < -0.3 is 5.73 Å². The molecule has 0 saturated carbocycles. The molecule has 0 aliphatic heterocycles. The first kappa shape index (κ1) is 18.9. The zero-order valence-corrected chi connectivity index (χ0v) is 14.5. The molecule has 0 radical (unpaired) electrons. The van der Waals surface area contributed by atoms with E-state index in [1.807, 2.05) is 0 Å². The summed E-state index contributed by atoms with van der Waals surface area (Å²) >= 11 is 0. The van der Waals surface area contributed by atoms with Crippen LogP contribution in [0.25, 0.3) is 0 Å². The molecule has 3 N–H and O–H groups in total. The Labute approximate surface area is 131 Å². The van der Waals surface area contributed by atoms with Crippen molar-refractivity contribution in [2.24, 2.45) is 0 Å². The number of aryl methyl sites for hydroxylation is 1. The Morgan fingerprint density at radius 2 is 1.86 bits per heavy atom. The lowest BCUT2D eigenvalue weighted by Gasteiger charge is -2.27. The van der Waals surface area contributed by atoms with E-state index in [9.17, 15) is 16.8 Å². The van der Waals surface area contributed by atoms with Crippen LogP contribution < -0.4 is 5.73 Å². The van der Waals surface area contributed by atoms with Gasteiger partial charge in [-0.3, -0.25) is 4.55 Å². The topological polar surface area (TPSA) is 118 Å². The molecular formula is C13H22N2O5S2. The van der Waals surface area contributed by atoms with Gasteiger partial charge in [0.2, 0.25) is 10.0 Å². The van der Waals surface area contributed by atoms with Crippen LogP contribution >= 0.6 is 0 Å². The molecule has 0 saturated heterocycles. The van der Waals surface area contributed by atoms with Crippen LogP contribution in [0.4, 0.5) is 5.69 Å². The van der Waals surface area contributed by atoms with Crippen molar-refractivity contribution >= 4 is 25.8 Å². The molecule has 0 bridgehead atoms. The number of nitrogen functional groups attached to an aromatic ring is 1. The number of anilines is 1. The van der Waals surface area contributed by atoms with Crippen LogP contribution in [0.1, 0.15) is 25.8 Å². The zero-order chi connectivity index (χ0) is 17.1. The summed E-state index contributed by atoms with van der Waals surface area (Å²) in [4.78, 5) is 0.111. The fraction of sp³-hybridized carbons (Fsp3) is 0.538. The SMILES string of the molecule is CCN(C(C)CCS(=O)(=O)O)S(=O)(=O)c1ccc(N)c(C)c1. The molecule has 0 fully saturated rings. The van der Waals surface area contributed by atoms with Crippen molar-refractivity contribution in [2.75, 3.05) is 18.0 Å². The van der Waals surface area contributed by atoms with E-state index in [1.54, 1.807) is 20.8 Å². The summed E-state index contributed by atoms with van der Waals surface area (Å²) in [5, 5.41) is 0. The van der Waals surface area contributed by atoms with E-state index in [2.05, 4.69) is 0 Å². The molecule has 0 aromatic heterocycles. The zero-order valence-electron chi connectivity index (χ0n) is 12.9. The van der Waals surface area contributed by atoms with E-state index in [-0.39, 0.29) is 17.9 Å². The molecule has 0 aliphatic carbocycles. The summed E-state index contributed by atoms with van der Waals surface area (Å²) in [5.41, 5.74) is 6.85.